The first kappa shape index (κ1) is 24.0. The van der Waals surface area contributed by atoms with Gasteiger partial charge in [0.15, 0.2) is 5.79 Å². The highest BCUT2D eigenvalue weighted by molar-refractivity contribution is 6.45. The molecule has 2 aliphatic heterocycles. The second kappa shape index (κ2) is 9.07. The van der Waals surface area contributed by atoms with E-state index in [1.807, 2.05) is 18.2 Å². The number of aliphatic hydroxyl groups is 1. The fourth-order valence-electron chi connectivity index (χ4n) is 4.58. The molecular weight excluding hydrogens is 416 g/mol. The van der Waals surface area contributed by atoms with Crippen LogP contribution in [0.15, 0.2) is 58.1 Å². The first-order valence-electron chi connectivity index (χ1n) is 10.9. The van der Waals surface area contributed by atoms with E-state index < -0.39 is 17.5 Å². The van der Waals surface area contributed by atoms with Gasteiger partial charge in [0.25, 0.3) is 0 Å². The fraction of sp³-hybridized carbons (Fsp3) is 0.560. The Morgan fingerprint density at radius 1 is 1.45 bits per heavy atom. The lowest BCUT2D eigenvalue weighted by molar-refractivity contribution is -0.243. The van der Waals surface area contributed by atoms with Gasteiger partial charge in [0.2, 0.25) is 5.78 Å². The number of allylic oxidation sites excluding steroid dienone is 6. The van der Waals surface area contributed by atoms with Gasteiger partial charge in [-0.25, -0.2) is 0 Å². The summed E-state index contributed by atoms with van der Waals surface area (Å²) in [6, 6.07) is 0. The highest BCUT2D eigenvalue weighted by Crippen LogP contribution is 2.55. The van der Waals surface area contributed by atoms with Gasteiger partial charge in [0, 0.05) is 37.0 Å². The standard InChI is InChI=1S/C25H33ClO5/c1-7-15(2)10-16(3)8-9-18-11-19-20(14-30-18)21-13-25(29-6,12-17(4)27)31-24(21,5)23(28)22(19)26/h8-11,14-15,17,21,27H,7,12-13H2,1-6H3/b9-8+,16-10+/t15-,17+,21-,24-,25+/m0/s1. The van der Waals surface area contributed by atoms with Crippen molar-refractivity contribution in [3.8, 4) is 0 Å². The van der Waals surface area contributed by atoms with Crippen molar-refractivity contribution in [1.29, 1.82) is 0 Å². The number of hydrogen-bond donors (Lipinski definition) is 1. The number of carbonyl (C=O) groups is 1. The highest BCUT2D eigenvalue weighted by atomic mass is 35.5. The molecule has 1 fully saturated rings. The molecular formula is C25H33ClO5. The lowest BCUT2D eigenvalue weighted by atomic mass is 9.71. The smallest absolute Gasteiger partial charge is 0.207 e. The SMILES string of the molecule is CC[C@H](C)/C=C(C)/C=C/C1=CC2=C(Cl)C(=O)[C@@]3(C)O[C@@](C[C@@H](C)O)(OC)C[C@H]3C2=CO1. The summed E-state index contributed by atoms with van der Waals surface area (Å²) in [5.74, 6) is -0.493. The molecule has 0 amide bonds. The zero-order chi connectivity index (χ0) is 23.0. The van der Waals surface area contributed by atoms with Gasteiger partial charge >= 0.3 is 0 Å². The van der Waals surface area contributed by atoms with Gasteiger partial charge in [0.05, 0.1) is 17.4 Å². The molecule has 2 heterocycles. The van der Waals surface area contributed by atoms with Crippen molar-refractivity contribution in [2.24, 2.45) is 11.8 Å². The Morgan fingerprint density at radius 2 is 2.16 bits per heavy atom. The maximum absolute atomic E-state index is 13.2. The van der Waals surface area contributed by atoms with Crippen molar-refractivity contribution < 1.29 is 24.1 Å². The van der Waals surface area contributed by atoms with Crippen LogP contribution in [0.25, 0.3) is 0 Å². The van der Waals surface area contributed by atoms with E-state index >= 15 is 0 Å². The summed E-state index contributed by atoms with van der Waals surface area (Å²) < 4.78 is 17.7. The zero-order valence-corrected chi connectivity index (χ0v) is 20.0. The van der Waals surface area contributed by atoms with E-state index in [1.165, 1.54) is 7.11 Å². The maximum atomic E-state index is 13.2. The fourth-order valence-corrected chi connectivity index (χ4v) is 4.93. The molecule has 1 N–H and O–H groups in total. The van der Waals surface area contributed by atoms with E-state index in [2.05, 4.69) is 26.8 Å². The van der Waals surface area contributed by atoms with Crippen molar-refractivity contribution in [2.75, 3.05) is 7.11 Å². The predicted molar refractivity (Wildman–Crippen MR) is 121 cm³/mol. The summed E-state index contributed by atoms with van der Waals surface area (Å²) in [4.78, 5) is 13.2. The maximum Gasteiger partial charge on any atom is 0.207 e. The van der Waals surface area contributed by atoms with Gasteiger partial charge in [-0.2, -0.15) is 0 Å². The number of hydrogen-bond acceptors (Lipinski definition) is 5. The summed E-state index contributed by atoms with van der Waals surface area (Å²) >= 11 is 6.54. The number of ether oxygens (including phenoxy) is 3. The molecule has 170 valence electrons. The van der Waals surface area contributed by atoms with Crippen LogP contribution >= 0.6 is 11.6 Å². The second-order valence-electron chi connectivity index (χ2n) is 9.06. The van der Waals surface area contributed by atoms with Crippen molar-refractivity contribution in [3.05, 3.63) is 58.1 Å². The largest absolute Gasteiger partial charge is 0.465 e. The molecule has 0 aromatic carbocycles. The Hall–Kier alpha value is -1.66. The summed E-state index contributed by atoms with van der Waals surface area (Å²) in [6.07, 6.45) is 10.7. The molecule has 0 bridgehead atoms. The number of ketones is 1. The normalized spacial score (nSPS) is 33.0. The lowest BCUT2D eigenvalue weighted by Gasteiger charge is -2.37. The molecule has 0 aromatic rings. The van der Waals surface area contributed by atoms with Crippen LogP contribution in [0.1, 0.15) is 53.9 Å². The van der Waals surface area contributed by atoms with Crippen LogP contribution in [0.4, 0.5) is 0 Å². The van der Waals surface area contributed by atoms with E-state index in [9.17, 15) is 9.90 Å². The van der Waals surface area contributed by atoms with Gasteiger partial charge in [-0.05, 0) is 38.8 Å². The Bertz CT molecular complexity index is 894. The van der Waals surface area contributed by atoms with E-state index in [-0.39, 0.29) is 23.2 Å². The van der Waals surface area contributed by atoms with E-state index in [0.717, 1.165) is 17.6 Å². The third kappa shape index (κ3) is 4.61. The van der Waals surface area contributed by atoms with Crippen LogP contribution in [0.2, 0.25) is 0 Å². The third-order valence-electron chi connectivity index (χ3n) is 6.44. The number of halogens is 1. The van der Waals surface area contributed by atoms with Gasteiger partial charge < -0.3 is 19.3 Å². The number of fused-ring (bicyclic) bond motifs is 3. The molecule has 0 unspecified atom stereocenters. The van der Waals surface area contributed by atoms with Crippen LogP contribution in [0.3, 0.4) is 0 Å². The zero-order valence-electron chi connectivity index (χ0n) is 19.2. The topological polar surface area (TPSA) is 65.0 Å². The molecule has 5 nitrogen and oxygen atoms in total. The van der Waals surface area contributed by atoms with Crippen molar-refractivity contribution >= 4 is 17.4 Å². The van der Waals surface area contributed by atoms with Crippen molar-refractivity contribution in [1.82, 2.24) is 0 Å². The third-order valence-corrected chi connectivity index (χ3v) is 6.82. The van der Waals surface area contributed by atoms with Gasteiger partial charge in [-0.15, -0.1) is 0 Å². The predicted octanol–water partition coefficient (Wildman–Crippen LogP) is 5.32. The minimum Gasteiger partial charge on any atom is -0.465 e. The molecule has 1 saturated heterocycles. The Balaban J connectivity index is 1.91. The van der Waals surface area contributed by atoms with Crippen LogP contribution in [0, 0.1) is 11.8 Å². The van der Waals surface area contributed by atoms with Crippen LogP contribution in [0.5, 0.6) is 0 Å². The summed E-state index contributed by atoms with van der Waals surface area (Å²) in [6.45, 7) is 9.81. The number of aliphatic hydroxyl groups excluding tert-OH is 1. The second-order valence-corrected chi connectivity index (χ2v) is 9.44. The molecule has 1 aliphatic carbocycles. The van der Waals surface area contributed by atoms with Crippen LogP contribution in [-0.4, -0.2) is 35.5 Å². The first-order valence-corrected chi connectivity index (χ1v) is 11.3. The average Bonchev–Trinajstić information content (AvgIpc) is 3.03. The van der Waals surface area contributed by atoms with Gasteiger partial charge in [0.1, 0.15) is 11.4 Å². The first-order chi connectivity index (χ1) is 14.5. The molecule has 0 saturated carbocycles. The molecule has 0 radical (unpaired) electrons. The van der Waals surface area contributed by atoms with Crippen molar-refractivity contribution in [2.45, 2.75) is 71.4 Å². The minimum atomic E-state index is -1.17. The molecule has 0 spiro atoms. The number of carbonyl (C=O) groups excluding carboxylic acids is 1. The van der Waals surface area contributed by atoms with Crippen molar-refractivity contribution in [3.63, 3.8) is 0 Å². The number of methoxy groups -OCH3 is 1. The average molecular weight is 449 g/mol. The van der Waals surface area contributed by atoms with Crippen LogP contribution < -0.4 is 0 Å². The molecule has 3 aliphatic rings. The molecule has 31 heavy (non-hydrogen) atoms. The summed E-state index contributed by atoms with van der Waals surface area (Å²) in [7, 11) is 1.54. The number of rotatable bonds is 7. The van der Waals surface area contributed by atoms with E-state index in [0.29, 0.717) is 23.7 Å². The number of Topliss-reactive ketones (excluding diaryl/α,β-unsaturated/α-hetero) is 1. The molecule has 6 heteroatoms. The van der Waals surface area contributed by atoms with Gasteiger partial charge in [-0.1, -0.05) is 49.6 Å². The Labute approximate surface area is 190 Å². The minimum absolute atomic E-state index is 0.134. The van der Waals surface area contributed by atoms with E-state index in [1.54, 1.807) is 20.1 Å². The van der Waals surface area contributed by atoms with Crippen LogP contribution in [-0.2, 0) is 19.0 Å². The van der Waals surface area contributed by atoms with E-state index in [4.69, 9.17) is 25.8 Å². The molecule has 5 atom stereocenters. The van der Waals surface area contributed by atoms with Gasteiger partial charge in [-0.3, -0.25) is 4.79 Å². The quantitative estimate of drug-likeness (QED) is 0.534. The molecule has 3 rings (SSSR count). The highest BCUT2D eigenvalue weighted by Gasteiger charge is 2.62. The Morgan fingerprint density at radius 3 is 2.77 bits per heavy atom. The summed E-state index contributed by atoms with van der Waals surface area (Å²) in [5, 5.41) is 10.1. The monoisotopic (exact) mass is 448 g/mol. The Kier molecular flexibility index (Phi) is 7.02. The summed E-state index contributed by atoms with van der Waals surface area (Å²) in [5.41, 5.74) is 1.46. The lowest BCUT2D eigenvalue weighted by Crippen LogP contribution is -2.47. The molecule has 0 aromatic heterocycles.